The van der Waals surface area contributed by atoms with E-state index in [0.29, 0.717) is 39.3 Å². The summed E-state index contributed by atoms with van der Waals surface area (Å²) in [4.78, 5) is 28.0. The smallest absolute Gasteiger partial charge is 0.261 e. The maximum atomic E-state index is 13.6. The molecule has 9 heteroatoms. The van der Waals surface area contributed by atoms with Crippen molar-refractivity contribution in [2.24, 2.45) is 0 Å². The van der Waals surface area contributed by atoms with Gasteiger partial charge in [0.25, 0.3) is 5.91 Å². The van der Waals surface area contributed by atoms with Gasteiger partial charge in [0.05, 0.1) is 14.2 Å². The standard InChI is InChI=1S/C27H28Cl2N2O5/c1-30-27(33)25(12-18-8-5-4-6-9-18)31(16-22-23(28)10-7-11-24(22)29)26(32)17-36-21-14-19(34-2)13-20(15-21)35-3/h4-11,13-15,25H,12,16-17H2,1-3H3,(H,30,33)/t25-/m0/s1. The highest BCUT2D eigenvalue weighted by Gasteiger charge is 2.31. The van der Waals surface area contributed by atoms with E-state index in [1.54, 1.807) is 36.4 Å². The summed E-state index contributed by atoms with van der Waals surface area (Å²) >= 11 is 12.8. The number of likely N-dealkylation sites (N-methyl/N-ethyl adjacent to an activating group) is 1. The monoisotopic (exact) mass is 530 g/mol. The molecule has 0 aliphatic heterocycles. The third-order valence-electron chi connectivity index (χ3n) is 5.59. The normalized spacial score (nSPS) is 11.4. The van der Waals surface area contributed by atoms with E-state index in [9.17, 15) is 9.59 Å². The lowest BCUT2D eigenvalue weighted by molar-refractivity contribution is -0.142. The topological polar surface area (TPSA) is 77.1 Å². The molecular weight excluding hydrogens is 503 g/mol. The molecule has 0 fully saturated rings. The molecule has 0 spiro atoms. The van der Waals surface area contributed by atoms with Gasteiger partial charge in [-0.3, -0.25) is 9.59 Å². The lowest BCUT2D eigenvalue weighted by Gasteiger charge is -2.31. The zero-order valence-corrected chi connectivity index (χ0v) is 21.8. The highest BCUT2D eigenvalue weighted by molar-refractivity contribution is 6.36. The fourth-order valence-electron chi connectivity index (χ4n) is 3.67. The predicted octanol–water partition coefficient (Wildman–Crippen LogP) is 4.78. The Balaban J connectivity index is 1.93. The summed E-state index contributed by atoms with van der Waals surface area (Å²) in [6, 6.07) is 18.7. The first-order valence-corrected chi connectivity index (χ1v) is 12.0. The van der Waals surface area contributed by atoms with Crippen LogP contribution in [0.15, 0.2) is 66.7 Å². The summed E-state index contributed by atoms with van der Waals surface area (Å²) in [7, 11) is 4.58. The number of hydrogen-bond acceptors (Lipinski definition) is 5. The average Bonchev–Trinajstić information content (AvgIpc) is 2.90. The van der Waals surface area contributed by atoms with Crippen LogP contribution in [0.4, 0.5) is 0 Å². The van der Waals surface area contributed by atoms with Crippen LogP contribution >= 0.6 is 23.2 Å². The quantitative estimate of drug-likeness (QED) is 0.386. The molecule has 1 N–H and O–H groups in total. The number of amides is 2. The Morgan fingerprint density at radius 1 is 0.889 bits per heavy atom. The van der Waals surface area contributed by atoms with E-state index in [-0.39, 0.29) is 19.1 Å². The van der Waals surface area contributed by atoms with Gasteiger partial charge >= 0.3 is 0 Å². The first-order chi connectivity index (χ1) is 17.4. The highest BCUT2D eigenvalue weighted by atomic mass is 35.5. The van der Waals surface area contributed by atoms with Crippen LogP contribution in [-0.2, 0) is 22.6 Å². The molecule has 0 heterocycles. The predicted molar refractivity (Wildman–Crippen MR) is 140 cm³/mol. The second-order valence-corrected chi connectivity index (χ2v) is 8.69. The molecular formula is C27H28Cl2N2O5. The van der Waals surface area contributed by atoms with Gasteiger partial charge in [-0.25, -0.2) is 0 Å². The molecule has 0 saturated carbocycles. The van der Waals surface area contributed by atoms with Crippen molar-refractivity contribution < 1.29 is 23.8 Å². The van der Waals surface area contributed by atoms with E-state index < -0.39 is 11.9 Å². The molecule has 7 nitrogen and oxygen atoms in total. The molecule has 0 aliphatic rings. The van der Waals surface area contributed by atoms with Crippen LogP contribution in [-0.4, -0.2) is 50.6 Å². The van der Waals surface area contributed by atoms with Crippen molar-refractivity contribution in [3.05, 3.63) is 87.9 Å². The fraction of sp³-hybridized carbons (Fsp3) is 0.259. The van der Waals surface area contributed by atoms with Crippen molar-refractivity contribution in [1.82, 2.24) is 10.2 Å². The second-order valence-electron chi connectivity index (χ2n) is 7.88. The second kappa shape index (κ2) is 13.0. The number of hydrogen-bond donors (Lipinski definition) is 1. The first kappa shape index (κ1) is 27.2. The van der Waals surface area contributed by atoms with Crippen LogP contribution in [0.1, 0.15) is 11.1 Å². The lowest BCUT2D eigenvalue weighted by Crippen LogP contribution is -2.51. The molecule has 2 amide bonds. The van der Waals surface area contributed by atoms with Crippen molar-refractivity contribution in [2.45, 2.75) is 19.0 Å². The highest BCUT2D eigenvalue weighted by Crippen LogP contribution is 2.29. The number of benzene rings is 3. The molecule has 3 rings (SSSR count). The Hall–Kier alpha value is -3.42. The van der Waals surface area contributed by atoms with Crippen LogP contribution < -0.4 is 19.5 Å². The Kier molecular flexibility index (Phi) is 9.85. The summed E-state index contributed by atoms with van der Waals surface area (Å²) in [5.74, 6) is 0.679. The van der Waals surface area contributed by atoms with Crippen molar-refractivity contribution in [1.29, 1.82) is 0 Å². The zero-order chi connectivity index (χ0) is 26.1. The van der Waals surface area contributed by atoms with Crippen molar-refractivity contribution in [2.75, 3.05) is 27.9 Å². The molecule has 190 valence electrons. The summed E-state index contributed by atoms with van der Waals surface area (Å²) in [6.45, 7) is -0.312. The molecule has 1 atom stereocenters. The van der Waals surface area contributed by atoms with Crippen molar-refractivity contribution in [3.63, 3.8) is 0 Å². The number of carbonyl (C=O) groups is 2. The number of nitrogens with one attached hydrogen (secondary N) is 1. The van der Waals surface area contributed by atoms with Crippen LogP contribution in [0, 0.1) is 0 Å². The van der Waals surface area contributed by atoms with Gasteiger partial charge in [0.1, 0.15) is 23.3 Å². The number of rotatable bonds is 11. The largest absolute Gasteiger partial charge is 0.496 e. The fourth-order valence-corrected chi connectivity index (χ4v) is 4.18. The Morgan fingerprint density at radius 2 is 1.47 bits per heavy atom. The number of halogens is 2. The van der Waals surface area contributed by atoms with Crippen LogP contribution in [0.3, 0.4) is 0 Å². The van der Waals surface area contributed by atoms with E-state index >= 15 is 0 Å². The molecule has 0 unspecified atom stereocenters. The Bertz CT molecular complexity index is 1150. The van der Waals surface area contributed by atoms with Gasteiger partial charge in [0.15, 0.2) is 6.61 Å². The number of carbonyl (C=O) groups excluding carboxylic acids is 2. The summed E-state index contributed by atoms with van der Waals surface area (Å²) in [6.07, 6.45) is 0.293. The minimum Gasteiger partial charge on any atom is -0.496 e. The van der Waals surface area contributed by atoms with Gasteiger partial charge in [-0.1, -0.05) is 59.6 Å². The summed E-state index contributed by atoms with van der Waals surface area (Å²) < 4.78 is 16.3. The van der Waals surface area contributed by atoms with Crippen molar-refractivity contribution >= 4 is 35.0 Å². The molecule has 0 aromatic heterocycles. The molecule has 0 saturated heterocycles. The zero-order valence-electron chi connectivity index (χ0n) is 20.3. The molecule has 0 radical (unpaired) electrons. The maximum absolute atomic E-state index is 13.6. The SMILES string of the molecule is CNC(=O)[C@H](Cc1ccccc1)N(Cc1c(Cl)cccc1Cl)C(=O)COc1cc(OC)cc(OC)c1. The van der Waals surface area contributed by atoms with Crippen LogP contribution in [0.5, 0.6) is 17.2 Å². The molecule has 36 heavy (non-hydrogen) atoms. The van der Waals surface area contributed by atoms with E-state index in [1.807, 2.05) is 30.3 Å². The first-order valence-electron chi connectivity index (χ1n) is 11.2. The van der Waals surface area contributed by atoms with Gasteiger partial charge in [0.2, 0.25) is 5.91 Å². The third-order valence-corrected chi connectivity index (χ3v) is 6.30. The van der Waals surface area contributed by atoms with Crippen molar-refractivity contribution in [3.8, 4) is 17.2 Å². The van der Waals surface area contributed by atoms with Gasteiger partial charge in [-0.2, -0.15) is 0 Å². The number of methoxy groups -OCH3 is 2. The maximum Gasteiger partial charge on any atom is 0.261 e. The Labute approximate surface area is 220 Å². The summed E-state index contributed by atoms with van der Waals surface area (Å²) in [5.41, 5.74) is 1.44. The average molecular weight is 531 g/mol. The molecule has 3 aromatic rings. The molecule has 3 aromatic carbocycles. The van der Waals surface area contributed by atoms with E-state index in [1.165, 1.54) is 26.2 Å². The lowest BCUT2D eigenvalue weighted by atomic mass is 10.0. The molecule has 0 aliphatic carbocycles. The summed E-state index contributed by atoms with van der Waals surface area (Å²) in [5, 5.41) is 3.46. The van der Waals surface area contributed by atoms with Gasteiger partial charge in [-0.05, 0) is 17.7 Å². The number of ether oxygens (including phenoxy) is 3. The minimum atomic E-state index is -0.833. The van der Waals surface area contributed by atoms with E-state index in [0.717, 1.165) is 5.56 Å². The van der Waals surface area contributed by atoms with Crippen LogP contribution in [0.25, 0.3) is 0 Å². The third kappa shape index (κ3) is 7.06. The van der Waals surface area contributed by atoms with Gasteiger partial charge in [0, 0.05) is 53.8 Å². The van der Waals surface area contributed by atoms with E-state index in [4.69, 9.17) is 37.4 Å². The van der Waals surface area contributed by atoms with Crippen LogP contribution in [0.2, 0.25) is 10.0 Å². The van der Waals surface area contributed by atoms with Gasteiger partial charge in [-0.15, -0.1) is 0 Å². The van der Waals surface area contributed by atoms with Gasteiger partial charge < -0.3 is 24.4 Å². The minimum absolute atomic E-state index is 0.0209. The van der Waals surface area contributed by atoms with E-state index in [2.05, 4.69) is 5.32 Å². The number of nitrogens with zero attached hydrogens (tertiary/aromatic N) is 1. The molecule has 0 bridgehead atoms. The Morgan fingerprint density at radius 3 is 2.03 bits per heavy atom.